The van der Waals surface area contributed by atoms with E-state index in [0.717, 1.165) is 0 Å². The van der Waals surface area contributed by atoms with E-state index in [-0.39, 0.29) is 11.6 Å². The Hall–Kier alpha value is -3.26. The number of benzene rings is 3. The Morgan fingerprint density at radius 2 is 1.32 bits per heavy atom. The van der Waals surface area contributed by atoms with E-state index in [1.165, 1.54) is 44.9 Å². The molecule has 2 aliphatic rings. The van der Waals surface area contributed by atoms with Crippen LogP contribution < -0.4 is 4.90 Å². The zero-order valence-electron chi connectivity index (χ0n) is 19.1. The van der Waals surface area contributed by atoms with Crippen LogP contribution in [0, 0.1) is 20.8 Å². The lowest BCUT2D eigenvalue weighted by molar-refractivity contribution is 0.368. The number of fused-ring (bicyclic) bond motifs is 1. The van der Waals surface area contributed by atoms with Crippen LogP contribution in [-0.2, 0) is 5.41 Å². The molecule has 0 spiro atoms. The topological polar surface area (TPSA) is 6.48 Å². The SMILES string of the molecule is CC1=C2N(C=CC2(C)c2ccccc2)C(c2c(C)cccc2C)N1c1ccccc1C. The molecule has 0 N–H and O–H groups in total. The first kappa shape index (κ1) is 19.7. The zero-order valence-corrected chi connectivity index (χ0v) is 19.1. The van der Waals surface area contributed by atoms with Crippen LogP contribution >= 0.6 is 0 Å². The first-order valence-corrected chi connectivity index (χ1v) is 11.1. The van der Waals surface area contributed by atoms with Gasteiger partial charge in [-0.25, -0.2) is 0 Å². The Morgan fingerprint density at radius 1 is 0.710 bits per heavy atom. The number of hydrogen-bond donors (Lipinski definition) is 0. The minimum atomic E-state index is -0.155. The number of nitrogens with zero attached hydrogens (tertiary/aromatic N) is 2. The van der Waals surface area contributed by atoms with Gasteiger partial charge in [0, 0.05) is 23.1 Å². The molecule has 2 heteroatoms. The predicted molar refractivity (Wildman–Crippen MR) is 130 cm³/mol. The second kappa shape index (κ2) is 7.16. The maximum Gasteiger partial charge on any atom is 0.136 e. The molecule has 2 aliphatic heterocycles. The van der Waals surface area contributed by atoms with Crippen molar-refractivity contribution in [1.82, 2.24) is 4.90 Å². The first-order valence-electron chi connectivity index (χ1n) is 11.1. The molecule has 5 rings (SSSR count). The van der Waals surface area contributed by atoms with Crippen molar-refractivity contribution < 1.29 is 0 Å². The Balaban J connectivity index is 1.76. The van der Waals surface area contributed by atoms with Crippen LogP contribution in [0.15, 0.2) is 96.5 Å². The van der Waals surface area contributed by atoms with Crippen LogP contribution in [0.1, 0.15) is 47.8 Å². The molecule has 0 aromatic heterocycles. The molecule has 0 aliphatic carbocycles. The summed E-state index contributed by atoms with van der Waals surface area (Å²) < 4.78 is 0. The Kier molecular flexibility index (Phi) is 4.55. The molecule has 3 aromatic carbocycles. The summed E-state index contributed by atoms with van der Waals surface area (Å²) in [5.41, 5.74) is 10.5. The Labute approximate surface area is 186 Å². The van der Waals surface area contributed by atoms with E-state index in [9.17, 15) is 0 Å². The van der Waals surface area contributed by atoms with Crippen molar-refractivity contribution in [2.75, 3.05) is 4.90 Å². The number of anilines is 1. The Bertz CT molecular complexity index is 1180. The van der Waals surface area contributed by atoms with Gasteiger partial charge in [-0.15, -0.1) is 0 Å². The summed E-state index contributed by atoms with van der Waals surface area (Å²) >= 11 is 0. The smallest absolute Gasteiger partial charge is 0.136 e. The van der Waals surface area contributed by atoms with Crippen molar-refractivity contribution in [3.63, 3.8) is 0 Å². The number of allylic oxidation sites excluding steroid dienone is 2. The summed E-state index contributed by atoms with van der Waals surface area (Å²) in [6.07, 6.45) is 4.79. The summed E-state index contributed by atoms with van der Waals surface area (Å²) in [7, 11) is 0. The van der Waals surface area contributed by atoms with Crippen molar-refractivity contribution in [1.29, 1.82) is 0 Å². The molecule has 0 bridgehead atoms. The third kappa shape index (κ3) is 2.85. The van der Waals surface area contributed by atoms with Gasteiger partial charge in [-0.3, -0.25) is 0 Å². The highest BCUT2D eigenvalue weighted by Crippen LogP contribution is 2.54. The van der Waals surface area contributed by atoms with Crippen molar-refractivity contribution in [3.8, 4) is 0 Å². The summed E-state index contributed by atoms with van der Waals surface area (Å²) in [6, 6.07) is 26.3. The summed E-state index contributed by atoms with van der Waals surface area (Å²) in [6.45, 7) is 11.3. The third-order valence-electron chi connectivity index (χ3n) is 7.08. The van der Waals surface area contributed by atoms with Gasteiger partial charge in [0.1, 0.15) is 6.17 Å². The molecule has 2 heterocycles. The van der Waals surface area contributed by atoms with Gasteiger partial charge in [0.05, 0.1) is 11.1 Å². The van der Waals surface area contributed by atoms with Gasteiger partial charge in [0.2, 0.25) is 0 Å². The standard InChI is InChI=1S/C29H30N2/c1-20-12-9-10-17-25(20)31-23(4)27-29(5,24-15-7-6-8-16-24)18-19-30(27)28(31)26-21(2)13-11-14-22(26)3/h6-19,28H,1-5H3. The minimum Gasteiger partial charge on any atom is -0.324 e. The lowest BCUT2D eigenvalue weighted by Crippen LogP contribution is -2.31. The van der Waals surface area contributed by atoms with Crippen LogP contribution in [0.4, 0.5) is 5.69 Å². The fourth-order valence-corrected chi connectivity index (χ4v) is 5.51. The molecule has 2 atom stereocenters. The van der Waals surface area contributed by atoms with Crippen molar-refractivity contribution in [2.24, 2.45) is 0 Å². The van der Waals surface area contributed by atoms with E-state index in [2.05, 4.69) is 129 Å². The molecule has 0 saturated heterocycles. The van der Waals surface area contributed by atoms with E-state index in [1.54, 1.807) is 0 Å². The molecule has 2 nitrogen and oxygen atoms in total. The van der Waals surface area contributed by atoms with E-state index in [0.29, 0.717) is 0 Å². The van der Waals surface area contributed by atoms with Crippen molar-refractivity contribution >= 4 is 5.69 Å². The summed E-state index contributed by atoms with van der Waals surface area (Å²) in [5, 5.41) is 0. The van der Waals surface area contributed by atoms with Gasteiger partial charge >= 0.3 is 0 Å². The highest BCUT2D eigenvalue weighted by Gasteiger charge is 2.48. The molecule has 31 heavy (non-hydrogen) atoms. The summed E-state index contributed by atoms with van der Waals surface area (Å²) in [4.78, 5) is 5.05. The van der Waals surface area contributed by atoms with Gasteiger partial charge in [0.25, 0.3) is 0 Å². The van der Waals surface area contributed by atoms with Crippen LogP contribution in [0.25, 0.3) is 0 Å². The molecule has 0 saturated carbocycles. The third-order valence-corrected chi connectivity index (χ3v) is 7.08. The predicted octanol–water partition coefficient (Wildman–Crippen LogP) is 7.15. The molecule has 0 radical (unpaired) electrons. The average Bonchev–Trinajstić information content (AvgIpc) is 3.26. The highest BCUT2D eigenvalue weighted by molar-refractivity contribution is 5.66. The van der Waals surface area contributed by atoms with E-state index in [1.807, 2.05) is 0 Å². The molecular formula is C29H30N2. The normalized spacial score (nSPS) is 22.4. The lowest BCUT2D eigenvalue weighted by atomic mass is 9.80. The monoisotopic (exact) mass is 406 g/mol. The number of para-hydroxylation sites is 1. The van der Waals surface area contributed by atoms with Gasteiger partial charge < -0.3 is 9.80 Å². The second-order valence-electron chi connectivity index (χ2n) is 9.06. The van der Waals surface area contributed by atoms with E-state index >= 15 is 0 Å². The molecule has 3 aromatic rings. The maximum atomic E-state index is 2.55. The highest BCUT2D eigenvalue weighted by atomic mass is 15.4. The second-order valence-corrected chi connectivity index (χ2v) is 9.06. The Morgan fingerprint density at radius 3 is 2.00 bits per heavy atom. The van der Waals surface area contributed by atoms with Crippen molar-refractivity contribution in [2.45, 2.75) is 46.2 Å². The maximum absolute atomic E-state index is 2.55. The van der Waals surface area contributed by atoms with Crippen LogP contribution in [-0.4, -0.2) is 4.90 Å². The lowest BCUT2D eigenvalue weighted by Gasteiger charge is -2.35. The van der Waals surface area contributed by atoms with E-state index < -0.39 is 0 Å². The number of rotatable bonds is 3. The molecule has 0 fully saturated rings. The summed E-state index contributed by atoms with van der Waals surface area (Å²) in [5.74, 6) is 0. The van der Waals surface area contributed by atoms with Gasteiger partial charge in [-0.05, 0) is 62.9 Å². The zero-order chi connectivity index (χ0) is 21.8. The van der Waals surface area contributed by atoms with Crippen LogP contribution in [0.5, 0.6) is 0 Å². The van der Waals surface area contributed by atoms with Gasteiger partial charge in [-0.1, -0.05) is 72.8 Å². The average molecular weight is 407 g/mol. The number of aryl methyl sites for hydroxylation is 3. The van der Waals surface area contributed by atoms with Gasteiger partial charge in [0.15, 0.2) is 0 Å². The largest absolute Gasteiger partial charge is 0.324 e. The molecular weight excluding hydrogens is 376 g/mol. The minimum absolute atomic E-state index is 0.110. The van der Waals surface area contributed by atoms with Gasteiger partial charge in [-0.2, -0.15) is 0 Å². The fourth-order valence-electron chi connectivity index (χ4n) is 5.51. The quantitative estimate of drug-likeness (QED) is 0.456. The fraction of sp³-hybridized carbons (Fsp3) is 0.241. The van der Waals surface area contributed by atoms with Crippen molar-refractivity contribution in [3.05, 3.63) is 124 Å². The molecule has 2 unspecified atom stereocenters. The molecule has 0 amide bonds. The molecule has 156 valence electrons. The van der Waals surface area contributed by atoms with Crippen LogP contribution in [0.2, 0.25) is 0 Å². The first-order chi connectivity index (χ1) is 14.9. The van der Waals surface area contributed by atoms with Crippen LogP contribution in [0.3, 0.4) is 0 Å². The number of hydrogen-bond acceptors (Lipinski definition) is 2. The van der Waals surface area contributed by atoms with E-state index in [4.69, 9.17) is 0 Å².